The number of halogens is 1. The van der Waals surface area contributed by atoms with Gasteiger partial charge in [0.15, 0.2) is 5.96 Å². The molecule has 0 spiro atoms. The van der Waals surface area contributed by atoms with Crippen LogP contribution in [0, 0.1) is 6.92 Å². The molecule has 0 amide bonds. The molecule has 148 valence electrons. The fourth-order valence-electron chi connectivity index (χ4n) is 2.76. The van der Waals surface area contributed by atoms with Crippen LogP contribution in [0.3, 0.4) is 0 Å². The van der Waals surface area contributed by atoms with Gasteiger partial charge >= 0.3 is 0 Å². The van der Waals surface area contributed by atoms with Crippen molar-refractivity contribution >= 4 is 45.8 Å². The van der Waals surface area contributed by atoms with E-state index >= 15 is 0 Å². The molecule has 2 heterocycles. The lowest BCUT2D eigenvalue weighted by atomic mass is 10.1. The molecule has 1 aromatic heterocycles. The molecule has 0 bridgehead atoms. The lowest BCUT2D eigenvalue weighted by Crippen LogP contribution is -2.49. The monoisotopic (exact) mass is 496 g/mol. The Morgan fingerprint density at radius 2 is 2.00 bits per heavy atom. The summed E-state index contributed by atoms with van der Waals surface area (Å²) < 4.78 is 24.5. The zero-order chi connectivity index (χ0) is 18.3. The number of aryl methyl sites for hydroxylation is 1. The van der Waals surface area contributed by atoms with Crippen molar-refractivity contribution in [1.82, 2.24) is 20.3 Å². The summed E-state index contributed by atoms with van der Waals surface area (Å²) in [5, 5.41) is 6.53. The van der Waals surface area contributed by atoms with Gasteiger partial charge in [0.05, 0.1) is 6.26 Å². The van der Waals surface area contributed by atoms with Crippen molar-refractivity contribution in [2.75, 3.05) is 44.4 Å². The number of aromatic nitrogens is 1. The molecule has 0 unspecified atom stereocenters. The van der Waals surface area contributed by atoms with E-state index in [1.54, 1.807) is 7.05 Å². The van der Waals surface area contributed by atoms with Crippen LogP contribution in [0.4, 0.5) is 5.82 Å². The Kier molecular flexibility index (Phi) is 9.58. The van der Waals surface area contributed by atoms with E-state index in [4.69, 9.17) is 0 Å². The van der Waals surface area contributed by atoms with Crippen LogP contribution in [0.5, 0.6) is 0 Å². The summed E-state index contributed by atoms with van der Waals surface area (Å²) in [6, 6.07) is 6.44. The van der Waals surface area contributed by atoms with Crippen LogP contribution < -0.4 is 20.3 Å². The number of pyridine rings is 1. The van der Waals surface area contributed by atoms with Gasteiger partial charge in [-0.25, -0.2) is 18.1 Å². The number of piperidine rings is 1. The molecule has 1 aliphatic rings. The topological polar surface area (TPSA) is 98.7 Å². The highest BCUT2D eigenvalue weighted by Gasteiger charge is 2.20. The SMILES string of the molecule is CN=C(NCCNS(C)(=O)=O)NC1CCN(c2cccc(C)n2)CC1.I. The first-order valence-electron chi connectivity index (χ1n) is 8.48. The molecule has 0 aromatic carbocycles. The smallest absolute Gasteiger partial charge is 0.208 e. The second-order valence-corrected chi connectivity index (χ2v) is 8.04. The van der Waals surface area contributed by atoms with E-state index < -0.39 is 10.0 Å². The van der Waals surface area contributed by atoms with Crippen molar-refractivity contribution in [3.8, 4) is 0 Å². The van der Waals surface area contributed by atoms with E-state index in [0.717, 1.165) is 43.7 Å². The first-order chi connectivity index (χ1) is 11.9. The molecular formula is C16H29IN6O2S. The summed E-state index contributed by atoms with van der Waals surface area (Å²) in [5.41, 5.74) is 1.03. The second kappa shape index (κ2) is 10.9. The highest BCUT2D eigenvalue weighted by atomic mass is 127. The van der Waals surface area contributed by atoms with Crippen LogP contribution in [-0.4, -0.2) is 64.9 Å². The molecule has 10 heteroatoms. The lowest BCUT2D eigenvalue weighted by Gasteiger charge is -2.34. The largest absolute Gasteiger partial charge is 0.356 e. The fourth-order valence-corrected chi connectivity index (χ4v) is 3.24. The van der Waals surface area contributed by atoms with E-state index in [-0.39, 0.29) is 24.0 Å². The molecule has 26 heavy (non-hydrogen) atoms. The van der Waals surface area contributed by atoms with Crippen molar-refractivity contribution in [2.45, 2.75) is 25.8 Å². The minimum atomic E-state index is -3.15. The number of hydrogen-bond acceptors (Lipinski definition) is 5. The van der Waals surface area contributed by atoms with Crippen LogP contribution in [0.1, 0.15) is 18.5 Å². The van der Waals surface area contributed by atoms with Crippen molar-refractivity contribution in [3.05, 3.63) is 23.9 Å². The van der Waals surface area contributed by atoms with Gasteiger partial charge in [-0.1, -0.05) is 6.07 Å². The fraction of sp³-hybridized carbons (Fsp3) is 0.625. The molecule has 1 fully saturated rings. The quantitative estimate of drug-likeness (QED) is 0.232. The molecule has 8 nitrogen and oxygen atoms in total. The first-order valence-corrected chi connectivity index (χ1v) is 10.4. The summed E-state index contributed by atoms with van der Waals surface area (Å²) in [6.45, 7) is 4.71. The summed E-state index contributed by atoms with van der Waals surface area (Å²) in [4.78, 5) is 11.1. The number of hydrogen-bond donors (Lipinski definition) is 3. The third kappa shape index (κ3) is 8.04. The third-order valence-corrected chi connectivity index (χ3v) is 4.77. The minimum absolute atomic E-state index is 0. The van der Waals surface area contributed by atoms with Gasteiger partial charge in [0.2, 0.25) is 10.0 Å². The van der Waals surface area contributed by atoms with Crippen LogP contribution in [0.15, 0.2) is 23.2 Å². The summed E-state index contributed by atoms with van der Waals surface area (Å²) in [7, 11) is -1.44. The predicted molar refractivity (Wildman–Crippen MR) is 117 cm³/mol. The summed E-state index contributed by atoms with van der Waals surface area (Å²) >= 11 is 0. The summed E-state index contributed by atoms with van der Waals surface area (Å²) in [5.74, 6) is 1.73. The molecule has 3 N–H and O–H groups in total. The average molecular weight is 496 g/mol. The Hall–Kier alpha value is -1.14. The van der Waals surface area contributed by atoms with Gasteiger partial charge in [0, 0.05) is 45.0 Å². The summed E-state index contributed by atoms with van der Waals surface area (Å²) in [6.07, 6.45) is 3.15. The van der Waals surface area contributed by atoms with Gasteiger partial charge < -0.3 is 15.5 Å². The number of nitrogens with one attached hydrogen (secondary N) is 3. The molecule has 0 radical (unpaired) electrons. The highest BCUT2D eigenvalue weighted by Crippen LogP contribution is 2.18. The number of sulfonamides is 1. The standard InChI is InChI=1S/C16H28N6O2S.HI/c1-13-5-4-6-15(20-13)22-11-7-14(8-12-22)21-16(17-2)18-9-10-19-25(3,23)24;/h4-6,14,19H,7-12H2,1-3H3,(H2,17,18,21);1H. The van der Waals surface area contributed by atoms with Crippen LogP contribution >= 0.6 is 24.0 Å². The zero-order valence-corrected chi connectivity index (χ0v) is 18.7. The number of anilines is 1. The van der Waals surface area contributed by atoms with Crippen LogP contribution in [0.25, 0.3) is 0 Å². The maximum Gasteiger partial charge on any atom is 0.208 e. The van der Waals surface area contributed by atoms with Gasteiger partial charge in [-0.2, -0.15) is 0 Å². The molecule has 0 saturated carbocycles. The zero-order valence-electron chi connectivity index (χ0n) is 15.5. The molecule has 1 aromatic rings. The van der Waals surface area contributed by atoms with Gasteiger partial charge in [0.25, 0.3) is 0 Å². The minimum Gasteiger partial charge on any atom is -0.356 e. The molecule has 1 aliphatic heterocycles. The number of rotatable bonds is 6. The normalized spacial score (nSPS) is 16.1. The molecule has 2 rings (SSSR count). The highest BCUT2D eigenvalue weighted by molar-refractivity contribution is 14.0. The van der Waals surface area contributed by atoms with E-state index in [9.17, 15) is 8.42 Å². The van der Waals surface area contributed by atoms with Crippen molar-refractivity contribution in [3.63, 3.8) is 0 Å². The van der Waals surface area contributed by atoms with Crippen molar-refractivity contribution < 1.29 is 8.42 Å². The number of guanidine groups is 1. The molecule has 0 atom stereocenters. The maximum atomic E-state index is 11.0. The van der Waals surface area contributed by atoms with Crippen molar-refractivity contribution in [1.29, 1.82) is 0 Å². The Balaban J connectivity index is 0.00000338. The Morgan fingerprint density at radius 1 is 1.31 bits per heavy atom. The van der Waals surface area contributed by atoms with Crippen molar-refractivity contribution in [2.24, 2.45) is 4.99 Å². The van der Waals surface area contributed by atoms with Gasteiger partial charge in [-0.3, -0.25) is 4.99 Å². The number of aliphatic imine (C=N–C) groups is 1. The van der Waals surface area contributed by atoms with Gasteiger partial charge in [0.1, 0.15) is 5.82 Å². The lowest BCUT2D eigenvalue weighted by molar-refractivity contribution is 0.459. The maximum absolute atomic E-state index is 11.0. The van der Waals surface area contributed by atoms with E-state index in [1.165, 1.54) is 0 Å². The van der Waals surface area contributed by atoms with E-state index in [1.807, 2.05) is 19.1 Å². The van der Waals surface area contributed by atoms with Gasteiger partial charge in [-0.15, -0.1) is 24.0 Å². The van der Waals surface area contributed by atoms with Crippen LogP contribution in [-0.2, 0) is 10.0 Å². The van der Waals surface area contributed by atoms with Gasteiger partial charge in [-0.05, 0) is 31.9 Å². The molecule has 1 saturated heterocycles. The van der Waals surface area contributed by atoms with E-state index in [2.05, 4.69) is 36.3 Å². The predicted octanol–water partition coefficient (Wildman–Crippen LogP) is 0.691. The Labute approximate surface area is 173 Å². The Bertz CT molecular complexity index is 690. The molecular weight excluding hydrogens is 467 g/mol. The Morgan fingerprint density at radius 3 is 2.58 bits per heavy atom. The first kappa shape index (κ1) is 22.9. The third-order valence-electron chi connectivity index (χ3n) is 4.04. The second-order valence-electron chi connectivity index (χ2n) is 6.21. The van der Waals surface area contributed by atoms with Crippen LogP contribution in [0.2, 0.25) is 0 Å². The average Bonchev–Trinajstić information content (AvgIpc) is 2.57. The van der Waals surface area contributed by atoms with E-state index in [0.29, 0.717) is 25.1 Å². The molecule has 0 aliphatic carbocycles. The number of nitrogens with zero attached hydrogens (tertiary/aromatic N) is 3.